The Morgan fingerprint density at radius 1 is 0.548 bits per heavy atom. The first kappa shape index (κ1) is 59.6. The van der Waals surface area contributed by atoms with Crippen LogP contribution in [0.1, 0.15) is 60.2 Å². The van der Waals surface area contributed by atoms with E-state index in [2.05, 4.69) is 0 Å². The molecule has 0 nitrogen and oxygen atoms in total. The van der Waals surface area contributed by atoms with Gasteiger partial charge in [0.2, 0.25) is 0 Å². The van der Waals surface area contributed by atoms with Gasteiger partial charge >= 0.3 is 77.4 Å². The Kier molecular flexibility index (Phi) is 30.1. The summed E-state index contributed by atoms with van der Waals surface area (Å²) in [7, 11) is 0. The molecule has 0 aromatic carbocycles. The van der Waals surface area contributed by atoms with Crippen molar-refractivity contribution >= 4 is 39.4 Å². The van der Waals surface area contributed by atoms with Crippen LogP contribution in [0.15, 0.2) is 0 Å². The molecule has 0 saturated carbocycles. The Labute approximate surface area is 305 Å². The van der Waals surface area contributed by atoms with Gasteiger partial charge in [0, 0.05) is 81.8 Å². The smallest absolute Gasteiger partial charge is 1.00 e. The fourth-order valence-electron chi connectivity index (χ4n) is 2.39. The maximum atomic E-state index is 13.1. The monoisotopic (exact) mass is 1050 g/mol. The van der Waals surface area contributed by atoms with Crippen LogP contribution in [-0.2, 0) is 17.1 Å². The average Bonchev–Trinajstić information content (AvgIpc) is 2.66. The molecule has 24 heteroatoms. The molecule has 0 heterocycles. The van der Waals surface area contributed by atoms with Crippen LogP contribution < -0.4 is 29.6 Å². The normalized spacial score (nSPS) is 13.9. The molecule has 0 saturated heterocycles. The molecule has 246 valence electrons. The summed E-state index contributed by atoms with van der Waals surface area (Å²) >= 11 is 1.32. The molecule has 1 atom stereocenters. The van der Waals surface area contributed by atoms with Crippen molar-refractivity contribution in [3.63, 3.8) is 0 Å². The number of alkyl halides is 19. The number of hydrogen-bond donors (Lipinski definition) is 0. The van der Waals surface area contributed by atoms with E-state index in [1.165, 1.54) is 36.4 Å². The van der Waals surface area contributed by atoms with Crippen LogP contribution in [-0.4, -0.2) is 68.6 Å². The minimum absolute atomic E-state index is 0. The Balaban J connectivity index is -0.0000000834. The second-order valence-electron chi connectivity index (χ2n) is 7.75. The van der Waals surface area contributed by atoms with E-state index in [4.69, 9.17) is 0 Å². The third-order valence-corrected chi connectivity index (χ3v) is 5.66. The fraction of sp³-hybridized carbons (Fsp3) is 1.00. The summed E-state index contributed by atoms with van der Waals surface area (Å²) < 4.78 is 222. The third-order valence-electron chi connectivity index (χ3n) is 4.59. The minimum atomic E-state index is -6.79. The van der Waals surface area contributed by atoms with Gasteiger partial charge < -0.3 is 1.43 Å². The quantitative estimate of drug-likeness (QED) is 0.0662. The van der Waals surface area contributed by atoms with E-state index in [0.29, 0.717) is 12.8 Å². The summed E-state index contributed by atoms with van der Waals surface area (Å²) in [6.07, 6.45) is -16.8. The summed E-state index contributed by atoms with van der Waals surface area (Å²) in [6.45, 7) is 3.06. The second kappa shape index (κ2) is 21.2. The van der Waals surface area contributed by atoms with E-state index >= 15 is 0 Å². The zero-order chi connectivity index (χ0) is 30.5. The number of rotatable bonds is 12. The van der Waals surface area contributed by atoms with Crippen LogP contribution in [0.4, 0.5) is 79.0 Å². The molecule has 0 spiro atoms. The molecule has 0 N–H and O–H groups in total. The number of hydrogen-bond acceptors (Lipinski definition) is 0. The van der Waals surface area contributed by atoms with Crippen molar-refractivity contribution in [1.29, 1.82) is 0 Å². The van der Waals surface area contributed by atoms with Crippen LogP contribution in [0.25, 0.3) is 0 Å². The minimum Gasteiger partial charge on any atom is -1.00 e. The summed E-state index contributed by atoms with van der Waals surface area (Å²) in [5.74, 6) is -37.4. The van der Waals surface area contributed by atoms with Gasteiger partial charge in [-0.1, -0.05) is 55.7 Å². The molecule has 0 aliphatic carbocycles. The zero-order valence-electron chi connectivity index (χ0n) is 22.7. The molecular weight excluding hydrogens is 1020 g/mol. The maximum absolute atomic E-state index is 13.1. The topological polar surface area (TPSA) is 0 Å². The Bertz CT molecular complexity index is 718. The molecular formula is C18H22B2F18FeINaU. The van der Waals surface area contributed by atoms with Crippen molar-refractivity contribution in [1.82, 2.24) is 0 Å². The van der Waals surface area contributed by atoms with Gasteiger partial charge in [-0.3, -0.25) is 0 Å². The Hall–Kier alpha value is 2.17. The van der Waals surface area contributed by atoms with E-state index in [1.807, 2.05) is 0 Å². The van der Waals surface area contributed by atoms with E-state index in [-0.39, 0.29) is 109 Å². The van der Waals surface area contributed by atoms with Gasteiger partial charge in [-0.15, -0.1) is 0 Å². The van der Waals surface area contributed by atoms with Gasteiger partial charge in [0.05, 0.1) is 0 Å². The van der Waals surface area contributed by atoms with Crippen LogP contribution in [0.2, 0.25) is 0 Å². The maximum Gasteiger partial charge on any atom is 1.00 e. The first-order valence-electron chi connectivity index (χ1n) is 10.1. The van der Waals surface area contributed by atoms with E-state index in [1.54, 1.807) is 0 Å². The Morgan fingerprint density at radius 2 is 0.857 bits per heavy atom. The average molecular weight is 1050 g/mol. The predicted octanol–water partition coefficient (Wildman–Crippen LogP) is 6.84. The number of unbranched alkanes of at least 4 members (excludes halogenated alkanes) is 2. The molecule has 0 aliphatic rings. The molecule has 1 unspecified atom stereocenters. The molecule has 42 heavy (non-hydrogen) atoms. The van der Waals surface area contributed by atoms with Crippen molar-refractivity contribution in [2.75, 3.05) is 0 Å². The van der Waals surface area contributed by atoms with Crippen LogP contribution in [0.3, 0.4) is 0 Å². The molecule has 0 aliphatic heterocycles. The van der Waals surface area contributed by atoms with Gasteiger partial charge in [-0.05, 0) is 12.8 Å². The van der Waals surface area contributed by atoms with Crippen molar-refractivity contribution in [3.05, 3.63) is 0 Å². The molecule has 0 bridgehead atoms. The molecule has 0 rings (SSSR count). The molecule has 0 aromatic rings. The zero-order valence-corrected chi connectivity index (χ0v) is 31.1. The van der Waals surface area contributed by atoms with Crippen molar-refractivity contribution < 1.29 is 158 Å². The van der Waals surface area contributed by atoms with Gasteiger partial charge in [0.15, 0.2) is 0 Å². The largest absolute Gasteiger partial charge is 1.00 e. The molecule has 0 amide bonds. The predicted molar refractivity (Wildman–Crippen MR) is 116 cm³/mol. The van der Waals surface area contributed by atoms with Crippen molar-refractivity contribution in [3.8, 4) is 0 Å². The summed E-state index contributed by atoms with van der Waals surface area (Å²) in [6, 6.07) is 0. The van der Waals surface area contributed by atoms with Crippen LogP contribution in [0.5, 0.6) is 0 Å². The van der Waals surface area contributed by atoms with Gasteiger partial charge in [-0.2, -0.15) is 79.0 Å². The van der Waals surface area contributed by atoms with E-state index in [9.17, 15) is 79.0 Å². The summed E-state index contributed by atoms with van der Waals surface area (Å²) in [4.78, 5) is 0. The second-order valence-corrected chi connectivity index (χ2v) is 9.51. The summed E-state index contributed by atoms with van der Waals surface area (Å²) in [5.41, 5.74) is 0. The number of halogens is 19. The van der Waals surface area contributed by atoms with Crippen LogP contribution in [0, 0.1) is 31.1 Å². The molecule has 0 fully saturated rings. The first-order valence-corrected chi connectivity index (χ1v) is 11.3. The van der Waals surface area contributed by atoms with Gasteiger partial charge in [0.1, 0.15) is 0 Å². The SMILES string of the molecule is CCCC(I)CC(F)(F)C(F)(F)C(F)(F)C(F)(F)F.CCCCCC(F)(F)C(F)(F)C(F)(F)C(F)(F)F.[B].[B].[Fe].[H-].[Na+].[U]. The van der Waals surface area contributed by atoms with Gasteiger partial charge in [-0.25, -0.2) is 0 Å². The fourth-order valence-corrected chi connectivity index (χ4v) is 3.57. The first-order chi connectivity index (χ1) is 16.0. The van der Waals surface area contributed by atoms with Gasteiger partial charge in [0.25, 0.3) is 0 Å². The van der Waals surface area contributed by atoms with Crippen molar-refractivity contribution in [2.45, 2.75) is 111 Å². The third kappa shape index (κ3) is 14.5. The van der Waals surface area contributed by atoms with E-state index in [0.717, 1.165) is 0 Å². The van der Waals surface area contributed by atoms with Crippen molar-refractivity contribution in [2.24, 2.45) is 0 Å². The van der Waals surface area contributed by atoms with Crippen LogP contribution >= 0.6 is 22.6 Å². The Morgan fingerprint density at radius 3 is 1.12 bits per heavy atom. The van der Waals surface area contributed by atoms with E-state index < -0.39 is 71.1 Å². The molecule has 0 aromatic heterocycles. The standard InChI is InChI=1S/C9H10F9I.C9H11F9.2B.Fe.Na.U.H/c1-2-3-5(19)4-6(10,11)7(12,13)8(14,15)9(16,17)18;1-2-3-4-5-6(10,11)7(12,13)8(14,15)9(16,17)18;;;;;;/h5H,2-4H2,1H3;2-5H2,1H3;;;;;;/q;;;;;+1;;-1. The summed E-state index contributed by atoms with van der Waals surface area (Å²) in [5, 5.41) is 0. The molecule has 6 radical (unpaired) electrons.